The van der Waals surface area contributed by atoms with Crippen LogP contribution in [0.5, 0.6) is 11.5 Å². The summed E-state index contributed by atoms with van der Waals surface area (Å²) in [4.78, 5) is 0. The highest BCUT2D eigenvalue weighted by molar-refractivity contribution is 6.34. The molecule has 0 fully saturated rings. The lowest BCUT2D eigenvalue weighted by Gasteiger charge is -2.05. The first-order valence-electron chi connectivity index (χ1n) is 6.77. The SMILES string of the molecule is Clc1ccc(Cl)c(OCc2nnc(COc3ccccc3)o2)c1. The van der Waals surface area contributed by atoms with Crippen molar-refractivity contribution in [2.45, 2.75) is 13.2 Å². The fraction of sp³-hybridized carbons (Fsp3) is 0.125. The number of aromatic nitrogens is 2. The maximum atomic E-state index is 6.01. The molecule has 3 rings (SSSR count). The van der Waals surface area contributed by atoms with Crippen molar-refractivity contribution in [2.24, 2.45) is 0 Å². The van der Waals surface area contributed by atoms with E-state index in [1.54, 1.807) is 18.2 Å². The van der Waals surface area contributed by atoms with Gasteiger partial charge in [0.2, 0.25) is 0 Å². The van der Waals surface area contributed by atoms with E-state index in [0.29, 0.717) is 27.6 Å². The van der Waals surface area contributed by atoms with Crippen LogP contribution in [-0.2, 0) is 13.2 Å². The van der Waals surface area contributed by atoms with Crippen LogP contribution in [0.25, 0.3) is 0 Å². The number of benzene rings is 2. The first kappa shape index (κ1) is 15.6. The zero-order chi connectivity index (χ0) is 16.1. The van der Waals surface area contributed by atoms with Gasteiger partial charge >= 0.3 is 0 Å². The molecule has 1 heterocycles. The van der Waals surface area contributed by atoms with Crippen LogP contribution in [-0.4, -0.2) is 10.2 Å². The van der Waals surface area contributed by atoms with Crippen LogP contribution in [0.4, 0.5) is 0 Å². The largest absolute Gasteiger partial charge is 0.484 e. The van der Waals surface area contributed by atoms with Crippen LogP contribution in [0, 0.1) is 0 Å². The molecule has 0 radical (unpaired) electrons. The van der Waals surface area contributed by atoms with Crippen molar-refractivity contribution in [1.82, 2.24) is 10.2 Å². The van der Waals surface area contributed by atoms with Crippen LogP contribution in [0.3, 0.4) is 0 Å². The molecule has 0 atom stereocenters. The van der Waals surface area contributed by atoms with E-state index < -0.39 is 0 Å². The quantitative estimate of drug-likeness (QED) is 0.653. The van der Waals surface area contributed by atoms with Crippen molar-refractivity contribution in [3.8, 4) is 11.5 Å². The van der Waals surface area contributed by atoms with Crippen molar-refractivity contribution >= 4 is 23.2 Å². The molecule has 0 unspecified atom stereocenters. The van der Waals surface area contributed by atoms with Gasteiger partial charge < -0.3 is 13.9 Å². The first-order valence-corrected chi connectivity index (χ1v) is 7.53. The lowest BCUT2D eigenvalue weighted by Crippen LogP contribution is -1.96. The lowest BCUT2D eigenvalue weighted by molar-refractivity contribution is 0.232. The van der Waals surface area contributed by atoms with E-state index >= 15 is 0 Å². The first-order chi connectivity index (χ1) is 11.2. The van der Waals surface area contributed by atoms with Gasteiger partial charge in [-0.15, -0.1) is 10.2 Å². The summed E-state index contributed by atoms with van der Waals surface area (Å²) >= 11 is 11.9. The molecule has 1 aromatic heterocycles. The van der Waals surface area contributed by atoms with Crippen molar-refractivity contribution in [3.63, 3.8) is 0 Å². The maximum absolute atomic E-state index is 6.01. The predicted molar refractivity (Wildman–Crippen MR) is 85.9 cm³/mol. The van der Waals surface area contributed by atoms with Gasteiger partial charge in [-0.3, -0.25) is 0 Å². The van der Waals surface area contributed by atoms with Gasteiger partial charge in [0.25, 0.3) is 11.8 Å². The Hall–Kier alpha value is -2.24. The van der Waals surface area contributed by atoms with E-state index in [0.717, 1.165) is 5.75 Å². The Morgan fingerprint density at radius 1 is 0.870 bits per heavy atom. The van der Waals surface area contributed by atoms with Crippen molar-refractivity contribution in [1.29, 1.82) is 0 Å². The molecule has 0 aliphatic heterocycles. The maximum Gasteiger partial charge on any atom is 0.254 e. The van der Waals surface area contributed by atoms with E-state index in [9.17, 15) is 0 Å². The third-order valence-corrected chi connectivity index (χ3v) is 3.41. The lowest BCUT2D eigenvalue weighted by atomic mass is 10.3. The third kappa shape index (κ3) is 4.37. The molecule has 0 aliphatic carbocycles. The number of nitrogens with zero attached hydrogens (tertiary/aromatic N) is 2. The fourth-order valence-corrected chi connectivity index (χ4v) is 2.13. The second-order valence-electron chi connectivity index (χ2n) is 4.55. The van der Waals surface area contributed by atoms with Gasteiger partial charge in [0, 0.05) is 11.1 Å². The zero-order valence-electron chi connectivity index (χ0n) is 11.9. The fourth-order valence-electron chi connectivity index (χ4n) is 1.79. The Balaban J connectivity index is 1.56. The summed E-state index contributed by atoms with van der Waals surface area (Å²) in [6.07, 6.45) is 0. The molecule has 0 amide bonds. The Labute approximate surface area is 142 Å². The van der Waals surface area contributed by atoms with E-state index in [2.05, 4.69) is 10.2 Å². The molecule has 3 aromatic rings. The van der Waals surface area contributed by atoms with Crippen molar-refractivity contribution in [3.05, 3.63) is 70.4 Å². The van der Waals surface area contributed by atoms with Crippen LogP contribution < -0.4 is 9.47 Å². The molecule has 0 spiro atoms. The average Bonchev–Trinajstić information content (AvgIpc) is 3.03. The molecule has 7 heteroatoms. The monoisotopic (exact) mass is 350 g/mol. The zero-order valence-corrected chi connectivity index (χ0v) is 13.4. The highest BCUT2D eigenvalue weighted by atomic mass is 35.5. The summed E-state index contributed by atoms with van der Waals surface area (Å²) in [6.45, 7) is 0.285. The minimum Gasteiger partial charge on any atom is -0.484 e. The van der Waals surface area contributed by atoms with Crippen molar-refractivity contribution in [2.75, 3.05) is 0 Å². The van der Waals surface area contributed by atoms with E-state index in [4.69, 9.17) is 37.1 Å². The number of hydrogen-bond donors (Lipinski definition) is 0. The van der Waals surface area contributed by atoms with Gasteiger partial charge in [0.05, 0.1) is 5.02 Å². The van der Waals surface area contributed by atoms with Gasteiger partial charge in [-0.1, -0.05) is 41.4 Å². The molecule has 0 saturated heterocycles. The minimum absolute atomic E-state index is 0.0956. The summed E-state index contributed by atoms with van der Waals surface area (Å²) in [7, 11) is 0. The number of rotatable bonds is 6. The Bertz CT molecular complexity index is 778. The molecule has 0 saturated carbocycles. The Morgan fingerprint density at radius 2 is 1.57 bits per heavy atom. The van der Waals surface area contributed by atoms with Crippen LogP contribution in [0.1, 0.15) is 11.8 Å². The van der Waals surface area contributed by atoms with Crippen LogP contribution in [0.2, 0.25) is 10.0 Å². The molecule has 0 N–H and O–H groups in total. The predicted octanol–water partition coefficient (Wildman–Crippen LogP) is 4.53. The molecule has 0 bridgehead atoms. The van der Waals surface area contributed by atoms with Crippen LogP contribution >= 0.6 is 23.2 Å². The van der Waals surface area contributed by atoms with Crippen LogP contribution in [0.15, 0.2) is 52.9 Å². The number of para-hydroxylation sites is 1. The Morgan fingerprint density at radius 3 is 2.30 bits per heavy atom. The van der Waals surface area contributed by atoms with E-state index in [-0.39, 0.29) is 13.2 Å². The molecule has 0 aliphatic rings. The summed E-state index contributed by atoms with van der Waals surface area (Å²) in [5.41, 5.74) is 0. The van der Waals surface area contributed by atoms with E-state index in [1.165, 1.54) is 0 Å². The van der Waals surface area contributed by atoms with Gasteiger partial charge in [-0.25, -0.2) is 0 Å². The molecule has 23 heavy (non-hydrogen) atoms. The smallest absolute Gasteiger partial charge is 0.254 e. The normalized spacial score (nSPS) is 10.5. The van der Waals surface area contributed by atoms with Gasteiger partial charge in [-0.05, 0) is 24.3 Å². The second-order valence-corrected chi connectivity index (χ2v) is 5.40. The third-order valence-electron chi connectivity index (χ3n) is 2.86. The molecule has 118 valence electrons. The second kappa shape index (κ2) is 7.35. The summed E-state index contributed by atoms with van der Waals surface area (Å²) in [6, 6.07) is 14.3. The van der Waals surface area contributed by atoms with E-state index in [1.807, 2.05) is 30.3 Å². The molecular formula is C16H12Cl2N2O3. The number of halogens is 2. The minimum atomic E-state index is 0.0956. The van der Waals surface area contributed by atoms with Crippen molar-refractivity contribution < 1.29 is 13.9 Å². The topological polar surface area (TPSA) is 57.4 Å². The summed E-state index contributed by atoms with van der Waals surface area (Å²) in [5, 5.41) is 8.79. The van der Waals surface area contributed by atoms with Gasteiger partial charge in [-0.2, -0.15) is 0 Å². The summed E-state index contributed by atoms with van der Waals surface area (Å²) in [5.74, 6) is 1.88. The highest BCUT2D eigenvalue weighted by Crippen LogP contribution is 2.28. The number of ether oxygens (including phenoxy) is 2. The van der Waals surface area contributed by atoms with Gasteiger partial charge in [0.1, 0.15) is 11.5 Å². The standard InChI is InChI=1S/C16H12Cl2N2O3/c17-11-6-7-13(18)14(8-11)22-10-16-20-19-15(23-16)9-21-12-4-2-1-3-5-12/h1-8H,9-10H2. The molecule has 2 aromatic carbocycles. The van der Waals surface area contributed by atoms with Gasteiger partial charge in [0.15, 0.2) is 13.2 Å². The summed E-state index contributed by atoms with van der Waals surface area (Å²) < 4.78 is 16.5. The molecule has 5 nitrogen and oxygen atoms in total. The number of hydrogen-bond acceptors (Lipinski definition) is 5. The molecular weight excluding hydrogens is 339 g/mol. The highest BCUT2D eigenvalue weighted by Gasteiger charge is 2.09. The average molecular weight is 351 g/mol. The Kier molecular flexibility index (Phi) is 5.00.